The smallest absolute Gasteiger partial charge is 0.167 e. The normalized spacial score (nSPS) is 15.0. The van der Waals surface area contributed by atoms with Crippen molar-refractivity contribution < 1.29 is 13.2 Å². The molecule has 0 amide bonds. The second kappa shape index (κ2) is 7.08. The molecule has 0 aliphatic rings. The quantitative estimate of drug-likeness (QED) is 0.782. The molecule has 0 saturated heterocycles. The van der Waals surface area contributed by atoms with Crippen LogP contribution in [0.15, 0.2) is 60.7 Å². The van der Waals surface area contributed by atoms with Gasteiger partial charge in [-0.3, -0.25) is 0 Å². The molecule has 0 aliphatic heterocycles. The lowest BCUT2D eigenvalue weighted by Gasteiger charge is -2.36. The van der Waals surface area contributed by atoms with Gasteiger partial charge in [-0.15, -0.1) is 0 Å². The van der Waals surface area contributed by atoms with Crippen LogP contribution in [0.25, 0.3) is 0 Å². The fourth-order valence-corrected chi connectivity index (χ4v) is 4.76. The molecule has 0 fully saturated rings. The van der Waals surface area contributed by atoms with Crippen LogP contribution in [0, 0.1) is 0 Å². The van der Waals surface area contributed by atoms with Crippen LogP contribution >= 0.6 is 0 Å². The number of ether oxygens (including phenoxy) is 1. The monoisotopic (exact) mass is 346 g/mol. The van der Waals surface area contributed by atoms with Gasteiger partial charge in [0.2, 0.25) is 0 Å². The van der Waals surface area contributed by atoms with Gasteiger partial charge < -0.3 is 4.74 Å². The van der Waals surface area contributed by atoms with E-state index >= 15 is 0 Å². The van der Waals surface area contributed by atoms with Crippen molar-refractivity contribution >= 4 is 9.84 Å². The molecule has 0 bridgehead atoms. The van der Waals surface area contributed by atoms with Gasteiger partial charge in [0.15, 0.2) is 9.84 Å². The third kappa shape index (κ3) is 3.70. The van der Waals surface area contributed by atoms with Crippen LogP contribution in [0.3, 0.4) is 0 Å². The highest BCUT2D eigenvalue weighted by atomic mass is 32.2. The van der Waals surface area contributed by atoms with Crippen molar-refractivity contribution in [3.63, 3.8) is 0 Å². The van der Waals surface area contributed by atoms with Crippen molar-refractivity contribution in [1.82, 2.24) is 0 Å². The maximum absolute atomic E-state index is 13.2. The summed E-state index contributed by atoms with van der Waals surface area (Å²) in [6.45, 7) is 7.48. The first-order chi connectivity index (χ1) is 11.2. The fourth-order valence-electron chi connectivity index (χ4n) is 2.72. The summed E-state index contributed by atoms with van der Waals surface area (Å²) in [5.41, 5.74) is 1.79. The van der Waals surface area contributed by atoms with E-state index in [1.54, 1.807) is 27.7 Å². The maximum Gasteiger partial charge on any atom is 0.167 e. The van der Waals surface area contributed by atoms with E-state index in [9.17, 15) is 8.42 Å². The van der Waals surface area contributed by atoms with Gasteiger partial charge in [-0.2, -0.15) is 0 Å². The minimum Gasteiger partial charge on any atom is -0.375 e. The molecule has 2 aromatic carbocycles. The number of benzene rings is 2. The summed E-state index contributed by atoms with van der Waals surface area (Å²) >= 11 is 0. The van der Waals surface area contributed by atoms with E-state index < -0.39 is 19.3 Å². The van der Waals surface area contributed by atoms with Crippen molar-refractivity contribution in [3.05, 3.63) is 71.8 Å². The number of sulfone groups is 1. The zero-order valence-corrected chi connectivity index (χ0v) is 15.6. The van der Waals surface area contributed by atoms with Crippen LogP contribution < -0.4 is 0 Å². The van der Waals surface area contributed by atoms with E-state index in [0.29, 0.717) is 6.61 Å². The molecule has 130 valence electrons. The van der Waals surface area contributed by atoms with Gasteiger partial charge >= 0.3 is 0 Å². The maximum atomic E-state index is 13.2. The molecule has 0 unspecified atom stereocenters. The highest BCUT2D eigenvalue weighted by Crippen LogP contribution is 2.38. The third-order valence-corrected chi connectivity index (χ3v) is 7.42. The summed E-state index contributed by atoms with van der Waals surface area (Å²) in [4.78, 5) is 0. The van der Waals surface area contributed by atoms with Crippen LogP contribution in [0.4, 0.5) is 0 Å². The summed E-state index contributed by atoms with van der Waals surface area (Å²) in [6, 6.07) is 19.1. The van der Waals surface area contributed by atoms with E-state index in [2.05, 4.69) is 0 Å². The van der Waals surface area contributed by atoms with Crippen LogP contribution in [-0.2, 0) is 25.9 Å². The minimum atomic E-state index is -3.47. The SMILES string of the molecule is CC(C)(C)S(=O)(=O)[C@](C)(COCc1ccccc1)c1ccccc1. The predicted octanol–water partition coefficient (Wildman–Crippen LogP) is 4.33. The Morgan fingerprint density at radius 1 is 0.833 bits per heavy atom. The van der Waals surface area contributed by atoms with Crippen molar-refractivity contribution in [2.75, 3.05) is 6.61 Å². The first-order valence-corrected chi connectivity index (χ1v) is 9.58. The van der Waals surface area contributed by atoms with Gasteiger partial charge in [-0.25, -0.2) is 8.42 Å². The molecular formula is C20H26O3S. The molecule has 24 heavy (non-hydrogen) atoms. The predicted molar refractivity (Wildman–Crippen MR) is 98.6 cm³/mol. The van der Waals surface area contributed by atoms with E-state index in [4.69, 9.17) is 4.74 Å². The third-order valence-electron chi connectivity index (χ3n) is 4.27. The molecule has 3 nitrogen and oxygen atoms in total. The highest BCUT2D eigenvalue weighted by molar-refractivity contribution is 7.93. The van der Waals surface area contributed by atoms with Crippen LogP contribution in [0.1, 0.15) is 38.8 Å². The van der Waals surface area contributed by atoms with Gasteiger partial charge in [0, 0.05) is 0 Å². The van der Waals surface area contributed by atoms with Gasteiger partial charge in [0.25, 0.3) is 0 Å². The van der Waals surface area contributed by atoms with Crippen molar-refractivity contribution in [1.29, 1.82) is 0 Å². The zero-order chi connectivity index (χ0) is 17.8. The summed E-state index contributed by atoms with van der Waals surface area (Å²) in [7, 11) is -3.47. The number of rotatable bonds is 6. The second-order valence-electron chi connectivity index (χ2n) is 7.19. The summed E-state index contributed by atoms with van der Waals surface area (Å²) in [6.07, 6.45) is 0. The Morgan fingerprint density at radius 2 is 1.33 bits per heavy atom. The second-order valence-corrected chi connectivity index (χ2v) is 10.3. The Balaban J connectivity index is 2.31. The Kier molecular flexibility index (Phi) is 5.51. The molecule has 0 aliphatic carbocycles. The Morgan fingerprint density at radius 3 is 1.83 bits per heavy atom. The Hall–Kier alpha value is -1.65. The van der Waals surface area contributed by atoms with Gasteiger partial charge in [-0.1, -0.05) is 60.7 Å². The molecule has 0 heterocycles. The van der Waals surface area contributed by atoms with Crippen LogP contribution in [-0.4, -0.2) is 19.8 Å². The molecule has 0 aromatic heterocycles. The van der Waals surface area contributed by atoms with Crippen molar-refractivity contribution in [3.8, 4) is 0 Å². The largest absolute Gasteiger partial charge is 0.375 e. The molecule has 1 atom stereocenters. The van der Waals surface area contributed by atoms with E-state index in [1.807, 2.05) is 60.7 Å². The van der Waals surface area contributed by atoms with E-state index in [-0.39, 0.29) is 6.61 Å². The van der Waals surface area contributed by atoms with Gasteiger partial charge in [0.1, 0.15) is 4.75 Å². The Bertz CT molecular complexity index is 746. The highest BCUT2D eigenvalue weighted by Gasteiger charge is 2.48. The minimum absolute atomic E-state index is 0.117. The molecule has 0 saturated carbocycles. The topological polar surface area (TPSA) is 43.4 Å². The van der Waals surface area contributed by atoms with Crippen LogP contribution in [0.5, 0.6) is 0 Å². The first-order valence-electron chi connectivity index (χ1n) is 8.10. The van der Waals surface area contributed by atoms with Crippen LogP contribution in [0.2, 0.25) is 0 Å². The molecule has 4 heteroatoms. The summed E-state index contributed by atoms with van der Waals surface area (Å²) in [5, 5.41) is 0. The van der Waals surface area contributed by atoms with Crippen molar-refractivity contribution in [2.24, 2.45) is 0 Å². The fraction of sp³-hybridized carbons (Fsp3) is 0.400. The molecule has 2 rings (SSSR count). The molecule has 0 N–H and O–H groups in total. The standard InChI is InChI=1S/C20H26O3S/c1-19(2,3)24(21,22)20(4,18-13-9-6-10-14-18)16-23-15-17-11-7-5-8-12-17/h5-14H,15-16H2,1-4H3/t20-/m1/s1. The van der Waals surface area contributed by atoms with E-state index in [1.165, 1.54) is 0 Å². The lowest BCUT2D eigenvalue weighted by Crippen LogP contribution is -2.46. The molecule has 0 spiro atoms. The number of hydrogen-bond acceptors (Lipinski definition) is 3. The van der Waals surface area contributed by atoms with Gasteiger partial charge in [0.05, 0.1) is 18.0 Å². The lowest BCUT2D eigenvalue weighted by atomic mass is 10.0. The lowest BCUT2D eigenvalue weighted by molar-refractivity contribution is 0.0988. The zero-order valence-electron chi connectivity index (χ0n) is 14.8. The molecular weight excluding hydrogens is 320 g/mol. The van der Waals surface area contributed by atoms with Crippen molar-refractivity contribution in [2.45, 2.75) is 43.8 Å². The Labute approximate surface area is 145 Å². The number of hydrogen-bond donors (Lipinski definition) is 0. The summed E-state index contributed by atoms with van der Waals surface area (Å²) in [5.74, 6) is 0. The molecule has 0 radical (unpaired) electrons. The summed E-state index contributed by atoms with van der Waals surface area (Å²) < 4.78 is 30.4. The first kappa shape index (κ1) is 18.7. The average Bonchev–Trinajstić information content (AvgIpc) is 2.55. The van der Waals surface area contributed by atoms with E-state index in [0.717, 1.165) is 11.1 Å². The average molecular weight is 346 g/mol. The molecule has 2 aromatic rings. The van der Waals surface area contributed by atoms with Gasteiger partial charge in [-0.05, 0) is 38.8 Å².